The number of aryl methyl sites for hydroxylation is 1. The van der Waals surface area contributed by atoms with Crippen molar-refractivity contribution in [3.8, 4) is 11.5 Å². The third-order valence-electron chi connectivity index (χ3n) is 4.59. The Morgan fingerprint density at radius 3 is 2.81 bits per heavy atom. The van der Waals surface area contributed by atoms with Gasteiger partial charge in [-0.25, -0.2) is 0 Å². The summed E-state index contributed by atoms with van der Waals surface area (Å²) >= 11 is 0. The van der Waals surface area contributed by atoms with Crippen LogP contribution < -0.4 is 4.90 Å². The van der Waals surface area contributed by atoms with Gasteiger partial charge in [0.05, 0.1) is 0 Å². The van der Waals surface area contributed by atoms with Crippen molar-refractivity contribution < 1.29 is 4.52 Å². The van der Waals surface area contributed by atoms with Gasteiger partial charge in [-0.1, -0.05) is 17.7 Å². The average molecular weight is 284 g/mol. The zero-order valence-corrected chi connectivity index (χ0v) is 12.3. The van der Waals surface area contributed by atoms with Gasteiger partial charge in [0.1, 0.15) is 0 Å². The Hall–Kier alpha value is -1.88. The highest BCUT2D eigenvalue weighted by Gasteiger charge is 2.31. The van der Waals surface area contributed by atoms with Crippen molar-refractivity contribution in [2.45, 2.75) is 25.8 Å². The molecule has 2 bridgehead atoms. The van der Waals surface area contributed by atoms with E-state index in [1.165, 1.54) is 31.5 Å². The van der Waals surface area contributed by atoms with Gasteiger partial charge in [0.2, 0.25) is 0 Å². The quantitative estimate of drug-likeness (QED) is 0.847. The van der Waals surface area contributed by atoms with Crippen LogP contribution in [0.2, 0.25) is 0 Å². The second-order valence-corrected chi connectivity index (χ2v) is 6.04. The molecule has 0 spiro atoms. The maximum Gasteiger partial charge on any atom is 0.266 e. The summed E-state index contributed by atoms with van der Waals surface area (Å²) in [7, 11) is 0. The summed E-state index contributed by atoms with van der Waals surface area (Å²) < 4.78 is 5.49. The molecule has 3 aliphatic heterocycles. The van der Waals surface area contributed by atoms with E-state index >= 15 is 0 Å². The number of nitrogens with zero attached hydrogens (tertiary/aromatic N) is 4. The number of benzene rings is 1. The molecule has 0 atom stereocenters. The van der Waals surface area contributed by atoms with Gasteiger partial charge in [0, 0.05) is 37.8 Å². The highest BCUT2D eigenvalue weighted by Crippen LogP contribution is 2.27. The summed E-state index contributed by atoms with van der Waals surface area (Å²) in [5.41, 5.74) is 2.20. The second kappa shape index (κ2) is 5.15. The molecule has 5 rings (SSSR count). The molecule has 5 heteroatoms. The number of piperidine rings is 1. The number of anilines is 1. The van der Waals surface area contributed by atoms with Gasteiger partial charge in [-0.3, -0.25) is 0 Å². The third-order valence-corrected chi connectivity index (χ3v) is 4.59. The molecule has 0 unspecified atom stereocenters. The van der Waals surface area contributed by atoms with Crippen LogP contribution in [0.15, 0.2) is 28.8 Å². The smallest absolute Gasteiger partial charge is 0.266 e. The number of hydrogen-bond donors (Lipinski definition) is 0. The van der Waals surface area contributed by atoms with Gasteiger partial charge < -0.3 is 14.3 Å². The molecule has 0 radical (unpaired) electrons. The SMILES string of the molecule is Cc1cccc(-c2nc(N3CCN4CCC3CC4)no2)c1. The highest BCUT2D eigenvalue weighted by molar-refractivity contribution is 5.55. The van der Waals surface area contributed by atoms with Crippen molar-refractivity contribution in [3.63, 3.8) is 0 Å². The Kier molecular flexibility index (Phi) is 3.15. The Morgan fingerprint density at radius 2 is 2.00 bits per heavy atom. The van der Waals surface area contributed by atoms with E-state index in [2.05, 4.69) is 39.0 Å². The molecule has 3 saturated heterocycles. The minimum atomic E-state index is 0.562. The zero-order chi connectivity index (χ0) is 14.2. The molecule has 21 heavy (non-hydrogen) atoms. The first-order chi connectivity index (χ1) is 10.3. The molecule has 3 fully saturated rings. The lowest BCUT2D eigenvalue weighted by Gasteiger charge is -2.30. The minimum absolute atomic E-state index is 0.562. The molecule has 1 aromatic heterocycles. The summed E-state index contributed by atoms with van der Waals surface area (Å²) in [6.07, 6.45) is 2.41. The summed E-state index contributed by atoms with van der Waals surface area (Å²) in [6, 6.07) is 8.76. The van der Waals surface area contributed by atoms with Crippen LogP contribution in [0.3, 0.4) is 0 Å². The van der Waals surface area contributed by atoms with Crippen LogP contribution in [0.25, 0.3) is 11.5 Å². The van der Waals surface area contributed by atoms with E-state index in [9.17, 15) is 0 Å². The van der Waals surface area contributed by atoms with E-state index in [1.54, 1.807) is 0 Å². The normalized spacial score (nSPS) is 25.1. The zero-order valence-electron chi connectivity index (χ0n) is 12.3. The summed E-state index contributed by atoms with van der Waals surface area (Å²) in [5, 5.41) is 4.23. The van der Waals surface area contributed by atoms with Gasteiger partial charge in [-0.2, -0.15) is 4.98 Å². The monoisotopic (exact) mass is 284 g/mol. The maximum atomic E-state index is 5.49. The number of aromatic nitrogens is 2. The van der Waals surface area contributed by atoms with E-state index in [-0.39, 0.29) is 0 Å². The van der Waals surface area contributed by atoms with Gasteiger partial charge in [-0.15, -0.1) is 0 Å². The molecule has 5 nitrogen and oxygen atoms in total. The summed E-state index contributed by atoms with van der Waals surface area (Å²) in [6.45, 7) is 6.57. The topological polar surface area (TPSA) is 45.4 Å². The molecule has 0 aliphatic carbocycles. The molecule has 0 N–H and O–H groups in total. The maximum absolute atomic E-state index is 5.49. The van der Waals surface area contributed by atoms with Crippen LogP contribution in [-0.4, -0.2) is 47.3 Å². The molecule has 2 aromatic rings. The van der Waals surface area contributed by atoms with E-state index < -0.39 is 0 Å². The molecular formula is C16H20N4O. The number of fused-ring (bicyclic) bond motifs is 4. The van der Waals surface area contributed by atoms with Gasteiger partial charge >= 0.3 is 0 Å². The first-order valence-corrected chi connectivity index (χ1v) is 7.69. The van der Waals surface area contributed by atoms with Crippen LogP contribution in [0.1, 0.15) is 18.4 Å². The fraction of sp³-hybridized carbons (Fsp3) is 0.500. The number of rotatable bonds is 2. The molecule has 110 valence electrons. The van der Waals surface area contributed by atoms with Crippen molar-refractivity contribution in [1.29, 1.82) is 0 Å². The predicted molar refractivity (Wildman–Crippen MR) is 81.3 cm³/mol. The average Bonchev–Trinajstić information content (AvgIpc) is 2.80. The van der Waals surface area contributed by atoms with Gasteiger partial charge in [0.25, 0.3) is 11.8 Å². The van der Waals surface area contributed by atoms with Crippen LogP contribution in [0.5, 0.6) is 0 Å². The first-order valence-electron chi connectivity index (χ1n) is 7.69. The Morgan fingerprint density at radius 1 is 1.14 bits per heavy atom. The van der Waals surface area contributed by atoms with Crippen molar-refractivity contribution in [1.82, 2.24) is 15.0 Å². The summed E-state index contributed by atoms with van der Waals surface area (Å²) in [4.78, 5) is 9.49. The Labute approximate surface area is 124 Å². The van der Waals surface area contributed by atoms with Crippen LogP contribution >= 0.6 is 0 Å². The molecule has 3 aliphatic rings. The molecule has 0 saturated carbocycles. The van der Waals surface area contributed by atoms with E-state index in [0.717, 1.165) is 24.6 Å². The van der Waals surface area contributed by atoms with Gasteiger partial charge in [0.15, 0.2) is 0 Å². The second-order valence-electron chi connectivity index (χ2n) is 6.04. The van der Waals surface area contributed by atoms with E-state index in [0.29, 0.717) is 11.9 Å². The highest BCUT2D eigenvalue weighted by atomic mass is 16.5. The third kappa shape index (κ3) is 2.42. The van der Waals surface area contributed by atoms with Crippen molar-refractivity contribution in [2.24, 2.45) is 0 Å². The number of hydrogen-bond acceptors (Lipinski definition) is 5. The Bertz CT molecular complexity index is 631. The van der Waals surface area contributed by atoms with Gasteiger partial charge in [-0.05, 0) is 37.1 Å². The fourth-order valence-electron chi connectivity index (χ4n) is 3.38. The largest absolute Gasteiger partial charge is 0.334 e. The lowest BCUT2D eigenvalue weighted by Crippen LogP contribution is -2.38. The van der Waals surface area contributed by atoms with E-state index in [1.807, 2.05) is 12.1 Å². The lowest BCUT2D eigenvalue weighted by molar-refractivity contribution is 0.250. The fourth-order valence-corrected chi connectivity index (χ4v) is 3.38. The summed E-state index contributed by atoms with van der Waals surface area (Å²) in [5.74, 6) is 1.37. The molecule has 0 amide bonds. The standard InChI is InChI=1S/C16H20N4O/c1-12-3-2-4-13(11-12)15-17-16(18-21-15)20-10-9-19-7-5-14(20)6-8-19/h2-4,11,14H,5-10H2,1H3. The van der Waals surface area contributed by atoms with Crippen LogP contribution in [0.4, 0.5) is 5.95 Å². The molecule has 4 heterocycles. The van der Waals surface area contributed by atoms with E-state index in [4.69, 9.17) is 4.52 Å². The molecular weight excluding hydrogens is 264 g/mol. The Balaban J connectivity index is 1.62. The predicted octanol–water partition coefficient (Wildman–Crippen LogP) is 2.33. The molecule has 1 aromatic carbocycles. The van der Waals surface area contributed by atoms with Crippen molar-refractivity contribution in [3.05, 3.63) is 29.8 Å². The minimum Gasteiger partial charge on any atom is -0.334 e. The van der Waals surface area contributed by atoms with Crippen molar-refractivity contribution in [2.75, 3.05) is 31.1 Å². The van der Waals surface area contributed by atoms with Crippen LogP contribution in [0, 0.1) is 6.92 Å². The first kappa shape index (κ1) is 12.8. The lowest BCUT2D eigenvalue weighted by atomic mass is 10.1. The van der Waals surface area contributed by atoms with Crippen molar-refractivity contribution >= 4 is 5.95 Å². The van der Waals surface area contributed by atoms with Crippen LogP contribution in [-0.2, 0) is 0 Å².